The Hall–Kier alpha value is -0.610. The van der Waals surface area contributed by atoms with Gasteiger partial charge >= 0.3 is 0 Å². The quantitative estimate of drug-likeness (QED) is 0.677. The lowest BCUT2D eigenvalue weighted by atomic mass is 10.00. The Kier molecular flexibility index (Phi) is 8.17. The number of carbonyl (C=O) groups is 1. The number of aliphatic hydroxyl groups excluding tert-OH is 1. The van der Waals surface area contributed by atoms with Crippen molar-refractivity contribution < 1.29 is 9.90 Å². The average molecular weight is 244 g/mol. The van der Waals surface area contributed by atoms with Crippen molar-refractivity contribution in [1.82, 2.24) is 4.90 Å². The molecule has 0 aromatic heterocycles. The second kappa shape index (κ2) is 8.48. The van der Waals surface area contributed by atoms with E-state index in [0.717, 1.165) is 19.3 Å². The molecule has 0 aromatic carbocycles. The zero-order valence-corrected chi connectivity index (χ0v) is 11.6. The fraction of sp³-hybridized carbons (Fsp3) is 0.923. The number of aliphatic hydroxyl groups is 1. The number of hydrogen-bond donors (Lipinski definition) is 2. The Balaban J connectivity index is 4.16. The first-order valence-corrected chi connectivity index (χ1v) is 6.57. The molecule has 4 nitrogen and oxygen atoms in total. The first kappa shape index (κ1) is 16.4. The molecule has 0 spiro atoms. The van der Waals surface area contributed by atoms with Crippen LogP contribution < -0.4 is 5.73 Å². The summed E-state index contributed by atoms with van der Waals surface area (Å²) in [6, 6.07) is 0.349. The predicted octanol–water partition coefficient (Wildman–Crippen LogP) is 1.37. The van der Waals surface area contributed by atoms with Crippen molar-refractivity contribution in [3.05, 3.63) is 0 Å². The first-order valence-electron chi connectivity index (χ1n) is 6.57. The average Bonchev–Trinajstić information content (AvgIpc) is 2.23. The van der Waals surface area contributed by atoms with Crippen LogP contribution in [-0.4, -0.2) is 41.1 Å². The Morgan fingerprint density at radius 3 is 2.24 bits per heavy atom. The molecule has 0 aliphatic rings. The van der Waals surface area contributed by atoms with Gasteiger partial charge in [0.1, 0.15) is 0 Å². The van der Waals surface area contributed by atoms with Crippen molar-refractivity contribution in [3.8, 4) is 0 Å². The van der Waals surface area contributed by atoms with E-state index in [0.29, 0.717) is 6.54 Å². The van der Waals surface area contributed by atoms with E-state index >= 15 is 0 Å². The molecule has 102 valence electrons. The maximum absolute atomic E-state index is 12.1. The van der Waals surface area contributed by atoms with Crippen LogP contribution in [0.15, 0.2) is 0 Å². The van der Waals surface area contributed by atoms with Crippen molar-refractivity contribution in [2.45, 2.75) is 59.0 Å². The lowest BCUT2D eigenvalue weighted by molar-refractivity contribution is -0.137. The molecule has 0 aliphatic carbocycles. The molecule has 0 radical (unpaired) electrons. The van der Waals surface area contributed by atoms with Gasteiger partial charge in [-0.05, 0) is 33.6 Å². The second-order valence-electron chi connectivity index (χ2n) is 5.16. The van der Waals surface area contributed by atoms with E-state index in [1.165, 1.54) is 0 Å². The summed E-state index contributed by atoms with van der Waals surface area (Å²) in [6.45, 7) is 8.34. The molecule has 2 unspecified atom stereocenters. The third kappa shape index (κ3) is 6.64. The molecule has 0 aromatic rings. The van der Waals surface area contributed by atoms with Crippen LogP contribution in [-0.2, 0) is 4.79 Å². The third-order valence-electron chi connectivity index (χ3n) is 2.97. The smallest absolute Gasteiger partial charge is 0.225 e. The molecule has 0 fully saturated rings. The Bertz CT molecular complexity index is 217. The van der Waals surface area contributed by atoms with Crippen LogP contribution in [0.25, 0.3) is 0 Å². The molecule has 0 saturated carbocycles. The number of hydrogen-bond acceptors (Lipinski definition) is 3. The van der Waals surface area contributed by atoms with Crippen molar-refractivity contribution in [2.24, 2.45) is 11.7 Å². The number of nitrogens with zero attached hydrogens (tertiary/aromatic N) is 1. The Labute approximate surface area is 105 Å². The summed E-state index contributed by atoms with van der Waals surface area (Å²) in [5, 5.41) is 8.95. The normalized spacial score (nSPS) is 14.8. The summed E-state index contributed by atoms with van der Waals surface area (Å²) >= 11 is 0. The van der Waals surface area contributed by atoms with Gasteiger partial charge in [-0.3, -0.25) is 4.79 Å². The van der Waals surface area contributed by atoms with Crippen LogP contribution in [0.4, 0.5) is 0 Å². The van der Waals surface area contributed by atoms with Gasteiger partial charge in [0.2, 0.25) is 5.91 Å². The van der Waals surface area contributed by atoms with Crippen molar-refractivity contribution >= 4 is 5.91 Å². The molecular formula is C13H28N2O2. The van der Waals surface area contributed by atoms with Gasteiger partial charge in [-0.1, -0.05) is 13.3 Å². The SMILES string of the molecule is CC(N)CCCC(C)C(=O)N(CCO)C(C)C. The van der Waals surface area contributed by atoms with E-state index in [4.69, 9.17) is 10.8 Å². The molecule has 0 saturated heterocycles. The van der Waals surface area contributed by atoms with Gasteiger partial charge in [-0.2, -0.15) is 0 Å². The van der Waals surface area contributed by atoms with Gasteiger partial charge in [-0.15, -0.1) is 0 Å². The summed E-state index contributed by atoms with van der Waals surface area (Å²) < 4.78 is 0. The molecule has 0 bridgehead atoms. The van der Waals surface area contributed by atoms with E-state index in [1.807, 2.05) is 27.7 Å². The summed E-state index contributed by atoms with van der Waals surface area (Å²) in [7, 11) is 0. The first-order chi connectivity index (χ1) is 7.90. The Morgan fingerprint density at radius 2 is 1.82 bits per heavy atom. The highest BCUT2D eigenvalue weighted by atomic mass is 16.3. The fourth-order valence-corrected chi connectivity index (χ4v) is 1.88. The molecule has 0 aliphatic heterocycles. The van der Waals surface area contributed by atoms with Crippen LogP contribution in [0, 0.1) is 5.92 Å². The van der Waals surface area contributed by atoms with Gasteiger partial charge in [0.15, 0.2) is 0 Å². The van der Waals surface area contributed by atoms with Gasteiger partial charge in [0.25, 0.3) is 0 Å². The lowest BCUT2D eigenvalue weighted by Gasteiger charge is -2.29. The molecule has 0 heterocycles. The van der Waals surface area contributed by atoms with Crippen LogP contribution in [0.1, 0.15) is 47.0 Å². The van der Waals surface area contributed by atoms with E-state index in [1.54, 1.807) is 4.90 Å². The molecular weight excluding hydrogens is 216 g/mol. The van der Waals surface area contributed by atoms with E-state index in [9.17, 15) is 4.79 Å². The number of amides is 1. The minimum absolute atomic E-state index is 0.0164. The molecule has 1 amide bonds. The predicted molar refractivity (Wildman–Crippen MR) is 70.6 cm³/mol. The molecule has 0 rings (SSSR count). The minimum Gasteiger partial charge on any atom is -0.395 e. The van der Waals surface area contributed by atoms with Crippen molar-refractivity contribution in [1.29, 1.82) is 0 Å². The minimum atomic E-state index is 0.0164. The largest absolute Gasteiger partial charge is 0.395 e. The molecule has 2 atom stereocenters. The van der Waals surface area contributed by atoms with Crippen LogP contribution in [0.5, 0.6) is 0 Å². The molecule has 17 heavy (non-hydrogen) atoms. The van der Waals surface area contributed by atoms with Gasteiger partial charge < -0.3 is 15.7 Å². The zero-order chi connectivity index (χ0) is 13.4. The molecule has 3 N–H and O–H groups in total. The zero-order valence-electron chi connectivity index (χ0n) is 11.6. The van der Waals surface area contributed by atoms with Gasteiger partial charge in [0, 0.05) is 24.5 Å². The third-order valence-corrected chi connectivity index (χ3v) is 2.97. The number of carbonyl (C=O) groups excluding carboxylic acids is 1. The van der Waals surface area contributed by atoms with Crippen LogP contribution in [0.2, 0.25) is 0 Å². The van der Waals surface area contributed by atoms with Gasteiger partial charge in [-0.25, -0.2) is 0 Å². The summed E-state index contributed by atoms with van der Waals surface area (Å²) in [4.78, 5) is 13.9. The standard InChI is InChI=1S/C13H28N2O2/c1-10(2)15(8-9-16)13(17)11(3)6-5-7-12(4)14/h10-12,16H,5-9,14H2,1-4H3. The lowest BCUT2D eigenvalue weighted by Crippen LogP contribution is -2.42. The highest BCUT2D eigenvalue weighted by molar-refractivity contribution is 5.78. The molecule has 4 heteroatoms. The monoisotopic (exact) mass is 244 g/mol. The number of nitrogens with two attached hydrogens (primary N) is 1. The van der Waals surface area contributed by atoms with E-state index in [2.05, 4.69) is 0 Å². The van der Waals surface area contributed by atoms with E-state index in [-0.39, 0.29) is 30.5 Å². The second-order valence-corrected chi connectivity index (χ2v) is 5.16. The highest BCUT2D eigenvalue weighted by Crippen LogP contribution is 2.14. The highest BCUT2D eigenvalue weighted by Gasteiger charge is 2.21. The van der Waals surface area contributed by atoms with Crippen molar-refractivity contribution in [3.63, 3.8) is 0 Å². The van der Waals surface area contributed by atoms with Crippen LogP contribution >= 0.6 is 0 Å². The van der Waals surface area contributed by atoms with Crippen LogP contribution in [0.3, 0.4) is 0 Å². The summed E-state index contributed by atoms with van der Waals surface area (Å²) in [6.07, 6.45) is 2.81. The maximum Gasteiger partial charge on any atom is 0.225 e. The van der Waals surface area contributed by atoms with Crippen molar-refractivity contribution in [2.75, 3.05) is 13.2 Å². The summed E-state index contributed by atoms with van der Waals surface area (Å²) in [5.41, 5.74) is 5.68. The van der Waals surface area contributed by atoms with Gasteiger partial charge in [0.05, 0.1) is 6.61 Å². The maximum atomic E-state index is 12.1. The topological polar surface area (TPSA) is 66.6 Å². The fourth-order valence-electron chi connectivity index (χ4n) is 1.88. The Morgan fingerprint density at radius 1 is 1.24 bits per heavy atom. The van der Waals surface area contributed by atoms with E-state index < -0.39 is 0 Å². The summed E-state index contributed by atoms with van der Waals surface area (Å²) in [5.74, 6) is 0.154. The number of rotatable bonds is 8.